The fraction of sp³-hybridized carbons (Fsp3) is 0.625. The minimum absolute atomic E-state index is 0.147. The molecule has 0 bridgehead atoms. The first-order valence-electron chi connectivity index (χ1n) is 4.35. The molecule has 0 saturated heterocycles. The van der Waals surface area contributed by atoms with Crippen molar-refractivity contribution in [2.45, 2.75) is 37.7 Å². The predicted octanol–water partition coefficient (Wildman–Crippen LogP) is 0.572. The number of nitrogens with zero attached hydrogens (tertiary/aromatic N) is 3. The van der Waals surface area contributed by atoms with Gasteiger partial charge >= 0.3 is 0 Å². The van der Waals surface area contributed by atoms with Crippen LogP contribution >= 0.6 is 11.8 Å². The van der Waals surface area contributed by atoms with Crippen molar-refractivity contribution in [3.8, 4) is 0 Å². The number of rotatable bonds is 4. The quantitative estimate of drug-likeness (QED) is 0.744. The first-order valence-corrected chi connectivity index (χ1v) is 5.23. The minimum atomic E-state index is -0.376. The molecule has 1 amide bonds. The van der Waals surface area contributed by atoms with Crippen LogP contribution in [0.1, 0.15) is 19.7 Å². The van der Waals surface area contributed by atoms with Crippen molar-refractivity contribution in [1.29, 1.82) is 0 Å². The van der Waals surface area contributed by atoms with Crippen LogP contribution in [0.25, 0.3) is 0 Å². The van der Waals surface area contributed by atoms with Gasteiger partial charge < -0.3 is 5.73 Å². The summed E-state index contributed by atoms with van der Waals surface area (Å²) in [4.78, 5) is 10.8. The summed E-state index contributed by atoms with van der Waals surface area (Å²) in [5.41, 5.74) is 5.13. The zero-order chi connectivity index (χ0) is 10.7. The average Bonchev–Trinajstić information content (AvgIpc) is 2.34. The highest BCUT2D eigenvalue weighted by molar-refractivity contribution is 7.99. The maximum atomic E-state index is 10.8. The molecule has 14 heavy (non-hydrogen) atoms. The third kappa shape index (κ3) is 2.73. The lowest BCUT2D eigenvalue weighted by molar-refractivity contribution is -0.118. The van der Waals surface area contributed by atoms with E-state index in [1.807, 2.05) is 0 Å². The highest BCUT2D eigenvalue weighted by Crippen LogP contribution is 2.21. The first-order chi connectivity index (χ1) is 6.50. The number of aromatic nitrogens is 3. The van der Waals surface area contributed by atoms with Gasteiger partial charge in [0.15, 0.2) is 5.16 Å². The zero-order valence-electron chi connectivity index (χ0n) is 8.52. The van der Waals surface area contributed by atoms with Gasteiger partial charge in [-0.05, 0) is 6.92 Å². The van der Waals surface area contributed by atoms with Gasteiger partial charge in [0.25, 0.3) is 0 Å². The molecule has 1 rings (SSSR count). The van der Waals surface area contributed by atoms with Gasteiger partial charge in [-0.2, -0.15) is 0 Å². The lowest BCUT2D eigenvalue weighted by Crippen LogP contribution is -2.20. The third-order valence-electron chi connectivity index (χ3n) is 1.56. The number of aryl methyl sites for hydroxylation is 1. The highest BCUT2D eigenvalue weighted by Gasteiger charge is 2.12. The topological polar surface area (TPSA) is 73.8 Å². The maximum Gasteiger partial charge on any atom is 0.237 e. The summed E-state index contributed by atoms with van der Waals surface area (Å²) < 4.78 is 1.73. The van der Waals surface area contributed by atoms with Crippen LogP contribution in [0.15, 0.2) is 5.16 Å². The Morgan fingerprint density at radius 1 is 1.57 bits per heavy atom. The number of thioether (sulfide) groups is 1. The van der Waals surface area contributed by atoms with Crippen molar-refractivity contribution in [2.24, 2.45) is 5.73 Å². The van der Waals surface area contributed by atoms with Crippen molar-refractivity contribution >= 4 is 17.7 Å². The van der Waals surface area contributed by atoms with Crippen LogP contribution in [0.2, 0.25) is 0 Å². The predicted molar refractivity (Wildman–Crippen MR) is 54.9 cm³/mol. The van der Waals surface area contributed by atoms with Crippen LogP contribution in [0.3, 0.4) is 0 Å². The zero-order valence-corrected chi connectivity index (χ0v) is 9.34. The van der Waals surface area contributed by atoms with E-state index in [-0.39, 0.29) is 12.5 Å². The second kappa shape index (κ2) is 4.45. The molecule has 78 valence electrons. The average molecular weight is 214 g/mol. The van der Waals surface area contributed by atoms with Crippen molar-refractivity contribution in [3.05, 3.63) is 5.82 Å². The van der Waals surface area contributed by atoms with Gasteiger partial charge in [-0.3, -0.25) is 9.36 Å². The van der Waals surface area contributed by atoms with Crippen LogP contribution in [0.4, 0.5) is 0 Å². The number of nitrogens with two attached hydrogens (primary N) is 1. The Morgan fingerprint density at radius 2 is 2.21 bits per heavy atom. The molecule has 0 aliphatic carbocycles. The minimum Gasteiger partial charge on any atom is -0.368 e. The van der Waals surface area contributed by atoms with Crippen molar-refractivity contribution in [1.82, 2.24) is 14.8 Å². The van der Waals surface area contributed by atoms with E-state index in [9.17, 15) is 4.79 Å². The molecular formula is C8H14N4OS. The first kappa shape index (κ1) is 11.0. The molecule has 1 aromatic rings. The molecule has 0 aromatic carbocycles. The van der Waals surface area contributed by atoms with Gasteiger partial charge in [0.05, 0.1) is 0 Å². The molecule has 0 radical (unpaired) electrons. The van der Waals surface area contributed by atoms with E-state index in [4.69, 9.17) is 5.73 Å². The lowest BCUT2D eigenvalue weighted by Gasteiger charge is -2.06. The van der Waals surface area contributed by atoms with E-state index >= 15 is 0 Å². The number of hydrogen-bond donors (Lipinski definition) is 1. The highest BCUT2D eigenvalue weighted by atomic mass is 32.2. The van der Waals surface area contributed by atoms with Crippen LogP contribution in [0.5, 0.6) is 0 Å². The molecule has 5 nitrogen and oxygen atoms in total. The van der Waals surface area contributed by atoms with Gasteiger partial charge in [0, 0.05) is 5.25 Å². The fourth-order valence-corrected chi connectivity index (χ4v) is 1.83. The number of primary amides is 1. The molecule has 1 heterocycles. The summed E-state index contributed by atoms with van der Waals surface area (Å²) in [5, 5.41) is 9.04. The van der Waals surface area contributed by atoms with Crippen LogP contribution < -0.4 is 5.73 Å². The van der Waals surface area contributed by atoms with E-state index in [0.717, 1.165) is 5.16 Å². The summed E-state index contributed by atoms with van der Waals surface area (Å²) in [6, 6.07) is 0. The second-order valence-corrected chi connectivity index (χ2v) is 4.79. The third-order valence-corrected chi connectivity index (χ3v) is 2.54. The summed E-state index contributed by atoms with van der Waals surface area (Å²) in [6.45, 7) is 6.07. The van der Waals surface area contributed by atoms with Gasteiger partial charge in [0.1, 0.15) is 12.4 Å². The van der Waals surface area contributed by atoms with Crippen LogP contribution in [-0.2, 0) is 11.3 Å². The van der Waals surface area contributed by atoms with E-state index < -0.39 is 0 Å². The normalized spacial score (nSPS) is 10.9. The standard InChI is InChI=1S/C8H14N4OS/c1-5(2)14-8-11-10-6(3)12(8)4-7(9)13/h5H,4H2,1-3H3,(H2,9,13). The van der Waals surface area contributed by atoms with Crippen molar-refractivity contribution in [2.75, 3.05) is 0 Å². The lowest BCUT2D eigenvalue weighted by atomic mass is 10.5. The van der Waals surface area contributed by atoms with Crippen molar-refractivity contribution in [3.63, 3.8) is 0 Å². The summed E-state index contributed by atoms with van der Waals surface area (Å²) >= 11 is 1.57. The van der Waals surface area contributed by atoms with E-state index in [1.54, 1.807) is 23.3 Å². The number of carbonyl (C=O) groups is 1. The van der Waals surface area contributed by atoms with Crippen molar-refractivity contribution < 1.29 is 4.79 Å². The number of amides is 1. The smallest absolute Gasteiger partial charge is 0.237 e. The Balaban J connectivity index is 2.88. The second-order valence-electron chi connectivity index (χ2n) is 3.25. The Bertz CT molecular complexity index is 334. The molecule has 1 aromatic heterocycles. The molecule has 0 atom stereocenters. The summed E-state index contributed by atoms with van der Waals surface area (Å²) in [7, 11) is 0. The van der Waals surface area contributed by atoms with Crippen LogP contribution in [0, 0.1) is 6.92 Å². The molecular weight excluding hydrogens is 200 g/mol. The Morgan fingerprint density at radius 3 is 2.71 bits per heavy atom. The van der Waals surface area contributed by atoms with Gasteiger partial charge in [-0.15, -0.1) is 10.2 Å². The molecule has 0 fully saturated rings. The summed E-state index contributed by atoms with van der Waals surface area (Å²) in [5.74, 6) is 0.338. The molecule has 0 aliphatic heterocycles. The van der Waals surface area contributed by atoms with E-state index in [0.29, 0.717) is 11.1 Å². The number of hydrogen-bond acceptors (Lipinski definition) is 4. The van der Waals surface area contributed by atoms with Gasteiger partial charge in [-0.25, -0.2) is 0 Å². The largest absolute Gasteiger partial charge is 0.368 e. The van der Waals surface area contributed by atoms with Crippen LogP contribution in [-0.4, -0.2) is 25.9 Å². The Kier molecular flexibility index (Phi) is 3.51. The number of carbonyl (C=O) groups excluding carboxylic acids is 1. The summed E-state index contributed by atoms with van der Waals surface area (Å²) in [6.07, 6.45) is 0. The Hall–Kier alpha value is -1.04. The van der Waals surface area contributed by atoms with E-state index in [1.165, 1.54) is 0 Å². The van der Waals surface area contributed by atoms with E-state index in [2.05, 4.69) is 24.0 Å². The monoisotopic (exact) mass is 214 g/mol. The van der Waals surface area contributed by atoms with Gasteiger partial charge in [0.2, 0.25) is 5.91 Å². The maximum absolute atomic E-state index is 10.8. The molecule has 6 heteroatoms. The SMILES string of the molecule is Cc1nnc(SC(C)C)n1CC(N)=O. The Labute approximate surface area is 87.1 Å². The molecule has 0 saturated carbocycles. The molecule has 0 aliphatic rings. The fourth-order valence-electron chi connectivity index (χ4n) is 0.997. The molecule has 0 unspecified atom stereocenters. The molecule has 0 spiro atoms. The molecule has 2 N–H and O–H groups in total. The van der Waals surface area contributed by atoms with Gasteiger partial charge in [-0.1, -0.05) is 25.6 Å².